The number of nitrogens with zero attached hydrogens (tertiary/aromatic N) is 5. The first kappa shape index (κ1) is 18.4. The molecule has 2 aliphatic heterocycles. The lowest BCUT2D eigenvalue weighted by molar-refractivity contribution is -0.135. The van der Waals surface area contributed by atoms with Crippen LogP contribution in [0.15, 0.2) is 12.4 Å². The number of hydrogen-bond acceptors (Lipinski definition) is 4. The largest absolute Gasteiger partial charge is 0.340 e. The molecular weight excluding hydrogens is 314 g/mol. The number of likely N-dealkylation sites (tertiary alicyclic amines) is 2. The predicted octanol–water partition coefficient (Wildman–Crippen LogP) is 1.57. The van der Waals surface area contributed by atoms with Gasteiger partial charge in [0, 0.05) is 38.9 Å². The number of amides is 1. The number of hydrogen-bond donors (Lipinski definition) is 0. The molecule has 0 aromatic carbocycles. The fraction of sp³-hybridized carbons (Fsp3) is 0.789. The molecule has 0 bridgehead atoms. The van der Waals surface area contributed by atoms with E-state index in [1.165, 1.54) is 12.8 Å². The van der Waals surface area contributed by atoms with Crippen molar-refractivity contribution in [3.05, 3.63) is 18.0 Å². The van der Waals surface area contributed by atoms with Crippen molar-refractivity contribution in [1.29, 1.82) is 0 Å². The maximum Gasteiger partial charge on any atom is 0.239 e. The molecule has 2 saturated heterocycles. The summed E-state index contributed by atoms with van der Waals surface area (Å²) in [7, 11) is 6.05. The zero-order valence-corrected chi connectivity index (χ0v) is 16.2. The Labute approximate surface area is 151 Å². The maximum absolute atomic E-state index is 13.2. The predicted molar refractivity (Wildman–Crippen MR) is 99.1 cm³/mol. The second kappa shape index (κ2) is 7.46. The van der Waals surface area contributed by atoms with E-state index in [2.05, 4.69) is 28.9 Å². The van der Waals surface area contributed by atoms with Crippen LogP contribution in [-0.2, 0) is 18.4 Å². The van der Waals surface area contributed by atoms with Gasteiger partial charge in [0.15, 0.2) is 0 Å². The summed E-state index contributed by atoms with van der Waals surface area (Å²) in [6, 6.07) is 0.0463. The van der Waals surface area contributed by atoms with Crippen LogP contribution in [0.25, 0.3) is 0 Å². The smallest absolute Gasteiger partial charge is 0.239 e. The van der Waals surface area contributed by atoms with Crippen LogP contribution in [0.2, 0.25) is 0 Å². The van der Waals surface area contributed by atoms with Gasteiger partial charge >= 0.3 is 0 Å². The highest BCUT2D eigenvalue weighted by atomic mass is 16.2. The first-order valence-electron chi connectivity index (χ1n) is 9.57. The van der Waals surface area contributed by atoms with Crippen molar-refractivity contribution in [1.82, 2.24) is 24.5 Å². The second-order valence-corrected chi connectivity index (χ2v) is 8.21. The van der Waals surface area contributed by atoms with E-state index in [4.69, 9.17) is 0 Å². The quantitative estimate of drug-likeness (QED) is 0.811. The highest BCUT2D eigenvalue weighted by Gasteiger charge is 2.47. The molecule has 140 valence electrons. The van der Waals surface area contributed by atoms with Crippen molar-refractivity contribution in [3.63, 3.8) is 0 Å². The van der Waals surface area contributed by atoms with E-state index in [0.717, 1.165) is 44.6 Å². The minimum atomic E-state index is 0.0463. The average Bonchev–Trinajstić information content (AvgIpc) is 3.14. The molecule has 1 unspecified atom stereocenters. The lowest BCUT2D eigenvalue weighted by atomic mass is 9.76. The Morgan fingerprint density at radius 3 is 2.68 bits per heavy atom. The fourth-order valence-electron chi connectivity index (χ4n) is 4.53. The first-order chi connectivity index (χ1) is 11.9. The van der Waals surface area contributed by atoms with E-state index in [1.54, 1.807) is 4.68 Å². The SMILES string of the molecule is CCCN1CC2(CCN(C)CC2)CC1C(=O)N(C)Cc1cnn(C)c1. The van der Waals surface area contributed by atoms with Gasteiger partial charge in [-0.25, -0.2) is 0 Å². The van der Waals surface area contributed by atoms with E-state index in [9.17, 15) is 4.79 Å². The highest BCUT2D eigenvalue weighted by Crippen LogP contribution is 2.43. The van der Waals surface area contributed by atoms with E-state index >= 15 is 0 Å². The zero-order valence-electron chi connectivity index (χ0n) is 16.2. The fourth-order valence-corrected chi connectivity index (χ4v) is 4.53. The van der Waals surface area contributed by atoms with Crippen LogP contribution in [0.5, 0.6) is 0 Å². The molecule has 3 rings (SSSR count). The van der Waals surface area contributed by atoms with Gasteiger partial charge < -0.3 is 9.80 Å². The zero-order chi connectivity index (χ0) is 18.0. The molecule has 2 aliphatic rings. The number of rotatable bonds is 5. The molecule has 25 heavy (non-hydrogen) atoms. The summed E-state index contributed by atoms with van der Waals surface area (Å²) in [6.45, 7) is 7.28. The van der Waals surface area contributed by atoms with E-state index in [1.807, 2.05) is 31.4 Å². The van der Waals surface area contributed by atoms with Crippen LogP contribution in [0, 0.1) is 5.41 Å². The van der Waals surface area contributed by atoms with Crippen molar-refractivity contribution < 1.29 is 4.79 Å². The van der Waals surface area contributed by atoms with Crippen molar-refractivity contribution in [2.24, 2.45) is 12.5 Å². The van der Waals surface area contributed by atoms with Gasteiger partial charge in [-0.05, 0) is 57.8 Å². The molecule has 0 radical (unpaired) electrons. The summed E-state index contributed by atoms with van der Waals surface area (Å²) in [5.41, 5.74) is 1.43. The van der Waals surface area contributed by atoms with Crippen LogP contribution < -0.4 is 0 Å². The summed E-state index contributed by atoms with van der Waals surface area (Å²) in [4.78, 5) is 19.9. The van der Waals surface area contributed by atoms with Gasteiger partial charge in [-0.1, -0.05) is 6.92 Å². The number of piperidine rings is 1. The van der Waals surface area contributed by atoms with Gasteiger partial charge in [-0.2, -0.15) is 5.10 Å². The normalized spacial score (nSPS) is 24.1. The number of carbonyl (C=O) groups excluding carboxylic acids is 1. The van der Waals surface area contributed by atoms with Gasteiger partial charge in [-0.3, -0.25) is 14.4 Å². The third kappa shape index (κ3) is 4.06. The Morgan fingerprint density at radius 1 is 1.36 bits per heavy atom. The van der Waals surface area contributed by atoms with E-state index in [0.29, 0.717) is 12.0 Å². The number of carbonyl (C=O) groups is 1. The number of likely N-dealkylation sites (N-methyl/N-ethyl adjacent to an activating group) is 1. The Morgan fingerprint density at radius 2 is 2.08 bits per heavy atom. The molecule has 0 saturated carbocycles. The average molecular weight is 348 g/mol. The molecular formula is C19H33N5O. The van der Waals surface area contributed by atoms with Crippen LogP contribution in [0.4, 0.5) is 0 Å². The van der Waals surface area contributed by atoms with Crippen molar-refractivity contribution in [2.45, 2.75) is 45.2 Å². The molecule has 0 aliphatic carbocycles. The molecule has 0 N–H and O–H groups in total. The molecule has 6 nitrogen and oxygen atoms in total. The molecule has 1 atom stereocenters. The summed E-state index contributed by atoms with van der Waals surface area (Å²) < 4.78 is 1.79. The van der Waals surface area contributed by atoms with Gasteiger partial charge in [0.05, 0.1) is 12.2 Å². The second-order valence-electron chi connectivity index (χ2n) is 8.21. The monoisotopic (exact) mass is 347 g/mol. The minimum absolute atomic E-state index is 0.0463. The van der Waals surface area contributed by atoms with Gasteiger partial charge in [0.25, 0.3) is 0 Å². The van der Waals surface area contributed by atoms with Crippen LogP contribution in [0.3, 0.4) is 0 Å². The molecule has 1 aromatic heterocycles. The maximum atomic E-state index is 13.2. The Balaban J connectivity index is 1.68. The Bertz CT molecular complexity index is 590. The molecule has 1 amide bonds. The third-order valence-electron chi connectivity index (χ3n) is 6.00. The number of aryl methyl sites for hydroxylation is 1. The standard InChI is InChI=1S/C19H33N5O/c1-5-8-24-15-19(6-9-21(2)10-7-19)11-17(24)18(25)22(3)13-16-12-20-23(4)14-16/h12,14,17H,5-11,13,15H2,1-4H3. The van der Waals surface area contributed by atoms with Crippen LogP contribution in [-0.4, -0.2) is 76.7 Å². The lowest BCUT2D eigenvalue weighted by Gasteiger charge is -2.37. The van der Waals surface area contributed by atoms with Crippen LogP contribution in [0.1, 0.15) is 38.2 Å². The third-order valence-corrected chi connectivity index (χ3v) is 6.00. The number of aromatic nitrogens is 2. The lowest BCUT2D eigenvalue weighted by Crippen LogP contribution is -2.44. The molecule has 1 spiro atoms. The summed E-state index contributed by atoms with van der Waals surface area (Å²) in [5, 5.41) is 4.21. The summed E-state index contributed by atoms with van der Waals surface area (Å²) in [6.07, 6.45) is 8.41. The van der Waals surface area contributed by atoms with Gasteiger partial charge in [0.2, 0.25) is 5.91 Å². The molecule has 2 fully saturated rings. The summed E-state index contributed by atoms with van der Waals surface area (Å²) in [5.74, 6) is 0.271. The Hall–Kier alpha value is -1.40. The highest BCUT2D eigenvalue weighted by molar-refractivity contribution is 5.82. The minimum Gasteiger partial charge on any atom is -0.340 e. The van der Waals surface area contributed by atoms with Crippen LogP contribution >= 0.6 is 0 Å². The molecule has 3 heterocycles. The van der Waals surface area contributed by atoms with Crippen molar-refractivity contribution >= 4 is 5.91 Å². The van der Waals surface area contributed by atoms with Crippen molar-refractivity contribution in [3.8, 4) is 0 Å². The van der Waals surface area contributed by atoms with Gasteiger partial charge in [0.1, 0.15) is 0 Å². The Kier molecular flexibility index (Phi) is 5.49. The first-order valence-corrected chi connectivity index (χ1v) is 9.57. The topological polar surface area (TPSA) is 44.6 Å². The molecule has 6 heteroatoms. The van der Waals surface area contributed by atoms with Gasteiger partial charge in [-0.15, -0.1) is 0 Å². The summed E-state index contributed by atoms with van der Waals surface area (Å²) >= 11 is 0. The van der Waals surface area contributed by atoms with E-state index < -0.39 is 0 Å². The van der Waals surface area contributed by atoms with Crippen molar-refractivity contribution in [2.75, 3.05) is 40.3 Å². The molecule has 1 aromatic rings. The van der Waals surface area contributed by atoms with E-state index in [-0.39, 0.29) is 11.9 Å².